The third kappa shape index (κ3) is 3.94. The topological polar surface area (TPSA) is 68.6 Å². The lowest BCUT2D eigenvalue weighted by atomic mass is 10.1. The molecule has 0 atom stereocenters. The quantitative estimate of drug-likeness (QED) is 0.309. The Bertz CT molecular complexity index is 1190. The van der Waals surface area contributed by atoms with E-state index in [1.165, 1.54) is 4.68 Å². The summed E-state index contributed by atoms with van der Waals surface area (Å²) >= 11 is 11.5. The minimum absolute atomic E-state index is 0.125. The summed E-state index contributed by atoms with van der Waals surface area (Å²) < 4.78 is 1.52. The Morgan fingerprint density at radius 1 is 0.828 bits per heavy atom. The average molecular weight is 418 g/mol. The standard InChI is InChI=1S/C22H16ClN5S/c23-17-13-7-8-14-18(17)25-26-20-19(15-9-3-1-4-10-15)27-28(22(24)29)21(20)16-11-5-2-6-12-16/h1-14H,(H2,24,29). The lowest BCUT2D eigenvalue weighted by Crippen LogP contribution is -2.21. The van der Waals surface area contributed by atoms with Crippen molar-refractivity contribution in [2.24, 2.45) is 16.0 Å². The highest BCUT2D eigenvalue weighted by molar-refractivity contribution is 7.80. The summed E-state index contributed by atoms with van der Waals surface area (Å²) in [6.07, 6.45) is 0. The summed E-state index contributed by atoms with van der Waals surface area (Å²) in [5, 5.41) is 14.2. The molecule has 2 N–H and O–H groups in total. The molecule has 0 radical (unpaired) electrons. The Labute approximate surface area is 178 Å². The van der Waals surface area contributed by atoms with Crippen molar-refractivity contribution in [3.05, 3.63) is 90.0 Å². The van der Waals surface area contributed by atoms with Crippen LogP contribution in [-0.2, 0) is 0 Å². The molecule has 1 heterocycles. The Morgan fingerprint density at radius 2 is 1.41 bits per heavy atom. The van der Waals surface area contributed by atoms with Gasteiger partial charge in [-0.15, -0.1) is 10.2 Å². The van der Waals surface area contributed by atoms with Crippen LogP contribution in [0, 0.1) is 0 Å². The molecule has 0 fully saturated rings. The number of halogens is 1. The second kappa shape index (κ2) is 8.34. The van der Waals surface area contributed by atoms with Crippen LogP contribution in [0.15, 0.2) is 95.2 Å². The molecule has 3 aromatic carbocycles. The van der Waals surface area contributed by atoms with Crippen molar-refractivity contribution in [2.75, 3.05) is 0 Å². The van der Waals surface area contributed by atoms with E-state index in [9.17, 15) is 0 Å². The Balaban J connectivity index is 1.97. The number of benzene rings is 3. The fourth-order valence-corrected chi connectivity index (χ4v) is 3.25. The molecule has 0 bridgehead atoms. The second-order valence-corrected chi connectivity index (χ2v) is 7.00. The molecule has 0 aliphatic rings. The molecule has 0 unspecified atom stereocenters. The number of rotatable bonds is 4. The van der Waals surface area contributed by atoms with Crippen molar-refractivity contribution < 1.29 is 0 Å². The number of hydrogen-bond acceptors (Lipinski definition) is 4. The minimum atomic E-state index is 0.125. The smallest absolute Gasteiger partial charge is 0.191 e. The van der Waals surface area contributed by atoms with Crippen LogP contribution in [0.3, 0.4) is 0 Å². The highest BCUT2D eigenvalue weighted by atomic mass is 35.5. The average Bonchev–Trinajstić information content (AvgIpc) is 3.14. The Morgan fingerprint density at radius 3 is 2.03 bits per heavy atom. The highest BCUT2D eigenvalue weighted by Gasteiger charge is 2.22. The lowest BCUT2D eigenvalue weighted by molar-refractivity contribution is 0.951. The van der Waals surface area contributed by atoms with Crippen LogP contribution in [0.2, 0.25) is 5.02 Å². The van der Waals surface area contributed by atoms with E-state index in [-0.39, 0.29) is 5.11 Å². The largest absolute Gasteiger partial charge is 0.374 e. The molecule has 29 heavy (non-hydrogen) atoms. The van der Waals surface area contributed by atoms with Gasteiger partial charge in [-0.05, 0) is 24.4 Å². The van der Waals surface area contributed by atoms with Crippen LogP contribution >= 0.6 is 23.8 Å². The summed E-state index contributed by atoms with van der Waals surface area (Å²) in [5.74, 6) is 0. The van der Waals surface area contributed by atoms with Gasteiger partial charge < -0.3 is 5.73 Å². The van der Waals surface area contributed by atoms with Gasteiger partial charge in [-0.25, -0.2) is 4.68 Å². The number of nitrogens with two attached hydrogens (primary N) is 1. The van der Waals surface area contributed by atoms with E-state index in [4.69, 9.17) is 29.6 Å². The lowest BCUT2D eigenvalue weighted by Gasteiger charge is -2.06. The molecular formula is C22H16ClN5S. The fraction of sp³-hybridized carbons (Fsp3) is 0. The third-order valence-corrected chi connectivity index (χ3v) is 4.77. The number of azo groups is 1. The highest BCUT2D eigenvalue weighted by Crippen LogP contribution is 2.40. The first-order chi connectivity index (χ1) is 14.1. The van der Waals surface area contributed by atoms with Crippen LogP contribution in [-0.4, -0.2) is 14.9 Å². The summed E-state index contributed by atoms with van der Waals surface area (Å²) in [6.45, 7) is 0. The molecular weight excluding hydrogens is 402 g/mol. The van der Waals surface area contributed by atoms with E-state index in [1.54, 1.807) is 12.1 Å². The second-order valence-electron chi connectivity index (χ2n) is 6.18. The molecule has 0 aliphatic heterocycles. The van der Waals surface area contributed by atoms with Gasteiger partial charge in [-0.1, -0.05) is 84.4 Å². The minimum Gasteiger partial charge on any atom is -0.374 e. The zero-order valence-electron chi connectivity index (χ0n) is 15.2. The van der Waals surface area contributed by atoms with Crippen LogP contribution in [0.4, 0.5) is 11.4 Å². The molecule has 4 rings (SSSR count). The number of thiocarbonyl (C=S) groups is 1. The van der Waals surface area contributed by atoms with Crippen LogP contribution in [0.1, 0.15) is 0 Å². The third-order valence-electron chi connectivity index (χ3n) is 4.27. The van der Waals surface area contributed by atoms with Gasteiger partial charge in [0.1, 0.15) is 22.8 Å². The van der Waals surface area contributed by atoms with Gasteiger partial charge in [0.25, 0.3) is 0 Å². The van der Waals surface area contributed by atoms with Gasteiger partial charge in [0.2, 0.25) is 0 Å². The molecule has 0 saturated heterocycles. The van der Waals surface area contributed by atoms with E-state index >= 15 is 0 Å². The molecule has 7 heteroatoms. The van der Waals surface area contributed by atoms with Gasteiger partial charge >= 0.3 is 0 Å². The van der Waals surface area contributed by atoms with Crippen molar-refractivity contribution in [3.8, 4) is 22.5 Å². The normalized spacial score (nSPS) is 11.1. The van der Waals surface area contributed by atoms with Gasteiger partial charge in [0, 0.05) is 11.1 Å². The van der Waals surface area contributed by atoms with Crippen LogP contribution in [0.25, 0.3) is 22.5 Å². The van der Waals surface area contributed by atoms with Crippen LogP contribution in [0.5, 0.6) is 0 Å². The van der Waals surface area contributed by atoms with E-state index in [2.05, 4.69) is 15.3 Å². The Hall–Kier alpha value is -3.35. The maximum Gasteiger partial charge on any atom is 0.191 e. The van der Waals surface area contributed by atoms with Crippen LogP contribution < -0.4 is 5.73 Å². The van der Waals surface area contributed by atoms with E-state index in [1.807, 2.05) is 72.8 Å². The summed E-state index contributed by atoms with van der Waals surface area (Å²) in [4.78, 5) is 0. The first-order valence-corrected chi connectivity index (χ1v) is 9.63. The van der Waals surface area contributed by atoms with Crippen molar-refractivity contribution in [3.63, 3.8) is 0 Å². The maximum absolute atomic E-state index is 6.24. The summed E-state index contributed by atoms with van der Waals surface area (Å²) in [5.41, 5.74) is 10.2. The zero-order chi connectivity index (χ0) is 20.2. The molecule has 0 saturated carbocycles. The monoisotopic (exact) mass is 417 g/mol. The van der Waals surface area contributed by atoms with Gasteiger partial charge in [-0.2, -0.15) is 5.10 Å². The van der Waals surface area contributed by atoms with Gasteiger partial charge in [0.05, 0.1) is 5.02 Å². The van der Waals surface area contributed by atoms with E-state index < -0.39 is 0 Å². The number of hydrogen-bond donors (Lipinski definition) is 1. The van der Waals surface area contributed by atoms with E-state index in [0.717, 1.165) is 11.1 Å². The van der Waals surface area contributed by atoms with E-state index in [0.29, 0.717) is 27.8 Å². The molecule has 4 aromatic rings. The summed E-state index contributed by atoms with van der Waals surface area (Å²) in [7, 11) is 0. The molecule has 142 valence electrons. The number of nitrogens with zero attached hydrogens (tertiary/aromatic N) is 4. The summed E-state index contributed by atoms with van der Waals surface area (Å²) in [6, 6.07) is 26.7. The van der Waals surface area contributed by atoms with Crippen molar-refractivity contribution in [1.29, 1.82) is 0 Å². The zero-order valence-corrected chi connectivity index (χ0v) is 16.8. The molecule has 0 amide bonds. The Kier molecular flexibility index (Phi) is 5.46. The fourth-order valence-electron chi connectivity index (χ4n) is 2.95. The van der Waals surface area contributed by atoms with Crippen molar-refractivity contribution >= 4 is 40.3 Å². The molecule has 5 nitrogen and oxygen atoms in total. The predicted molar refractivity (Wildman–Crippen MR) is 121 cm³/mol. The van der Waals surface area contributed by atoms with Crippen molar-refractivity contribution in [2.45, 2.75) is 0 Å². The predicted octanol–water partition coefficient (Wildman–Crippen LogP) is 6.38. The van der Waals surface area contributed by atoms with Gasteiger partial charge in [0.15, 0.2) is 5.11 Å². The molecule has 0 aliphatic carbocycles. The maximum atomic E-state index is 6.24. The van der Waals surface area contributed by atoms with Crippen molar-refractivity contribution in [1.82, 2.24) is 9.78 Å². The first kappa shape index (κ1) is 19.0. The molecule has 1 aromatic heterocycles. The first-order valence-electron chi connectivity index (χ1n) is 8.85. The number of aromatic nitrogens is 2. The SMILES string of the molecule is NC(=S)n1nc(-c2ccccc2)c(N=Nc2ccccc2Cl)c1-c1ccccc1. The molecule has 0 spiro atoms. The van der Waals surface area contributed by atoms with Gasteiger partial charge in [-0.3, -0.25) is 0 Å².